The van der Waals surface area contributed by atoms with E-state index in [0.717, 1.165) is 41.7 Å². The van der Waals surface area contributed by atoms with Gasteiger partial charge in [0.25, 0.3) is 5.56 Å². The Labute approximate surface area is 155 Å². The van der Waals surface area contributed by atoms with Gasteiger partial charge in [0.2, 0.25) is 0 Å². The van der Waals surface area contributed by atoms with Crippen molar-refractivity contribution in [2.45, 2.75) is 58.5 Å². The van der Waals surface area contributed by atoms with E-state index < -0.39 is 0 Å². The van der Waals surface area contributed by atoms with E-state index in [0.29, 0.717) is 11.3 Å². The zero-order valence-corrected chi connectivity index (χ0v) is 16.0. The zero-order valence-electron chi connectivity index (χ0n) is 14.4. The summed E-state index contributed by atoms with van der Waals surface area (Å²) in [7, 11) is 0. The number of thiophene rings is 1. The van der Waals surface area contributed by atoms with Crippen LogP contribution in [0.25, 0.3) is 10.2 Å². The molecule has 0 amide bonds. The highest BCUT2D eigenvalue weighted by Gasteiger charge is 2.19. The molecule has 0 saturated heterocycles. The van der Waals surface area contributed by atoms with Crippen molar-refractivity contribution in [2.75, 3.05) is 0 Å². The summed E-state index contributed by atoms with van der Waals surface area (Å²) < 4.78 is 4.33. The number of imidazole rings is 1. The lowest BCUT2D eigenvalue weighted by molar-refractivity contribution is 0.545. The molecular formula is C18H22N4OS2. The summed E-state index contributed by atoms with van der Waals surface area (Å²) in [6, 6.07) is 0. The maximum Gasteiger partial charge on any atom is 0.263 e. The normalized spacial score (nSPS) is 14.6. The Morgan fingerprint density at radius 2 is 2.12 bits per heavy atom. The Morgan fingerprint density at radius 1 is 1.28 bits per heavy atom. The lowest BCUT2D eigenvalue weighted by atomic mass is 10.1. The van der Waals surface area contributed by atoms with Gasteiger partial charge in [-0.2, -0.15) is 0 Å². The maximum absolute atomic E-state index is 13.1. The van der Waals surface area contributed by atoms with Gasteiger partial charge in [-0.05, 0) is 56.8 Å². The summed E-state index contributed by atoms with van der Waals surface area (Å²) in [6.45, 7) is 3.45. The van der Waals surface area contributed by atoms with Crippen molar-refractivity contribution in [1.82, 2.24) is 19.1 Å². The predicted molar refractivity (Wildman–Crippen MR) is 104 cm³/mol. The van der Waals surface area contributed by atoms with Crippen LogP contribution < -0.4 is 5.56 Å². The number of hydrogen-bond donors (Lipinski definition) is 1. The van der Waals surface area contributed by atoms with Gasteiger partial charge in [0.05, 0.1) is 17.4 Å². The summed E-state index contributed by atoms with van der Waals surface area (Å²) in [5.41, 5.74) is 2.37. The number of rotatable bonds is 4. The molecule has 0 bridgehead atoms. The molecule has 0 saturated carbocycles. The van der Waals surface area contributed by atoms with Crippen molar-refractivity contribution < 1.29 is 0 Å². The molecule has 0 aromatic carbocycles. The maximum atomic E-state index is 13.1. The third kappa shape index (κ3) is 3.22. The van der Waals surface area contributed by atoms with Crippen molar-refractivity contribution in [3.8, 4) is 0 Å². The first-order chi connectivity index (χ1) is 12.1. The summed E-state index contributed by atoms with van der Waals surface area (Å²) >= 11 is 7.19. The molecule has 0 atom stereocenters. The molecule has 0 unspecified atom stereocenters. The molecule has 1 N–H and O–H groups in total. The van der Waals surface area contributed by atoms with Crippen LogP contribution in [0.5, 0.6) is 0 Å². The predicted octanol–water partition coefficient (Wildman–Crippen LogP) is 3.98. The fourth-order valence-electron chi connectivity index (χ4n) is 3.66. The topological polar surface area (TPSA) is 55.6 Å². The number of nitrogens with one attached hydrogen (secondary N) is 1. The monoisotopic (exact) mass is 374 g/mol. The highest BCUT2D eigenvalue weighted by molar-refractivity contribution is 7.71. The Balaban J connectivity index is 1.65. The van der Waals surface area contributed by atoms with Gasteiger partial charge in [-0.15, -0.1) is 11.3 Å². The molecule has 0 fully saturated rings. The lowest BCUT2D eigenvalue weighted by Crippen LogP contribution is -2.23. The number of fused-ring (bicyclic) bond motifs is 3. The average Bonchev–Trinajstić information content (AvgIpc) is 3.06. The molecule has 1 aliphatic rings. The van der Waals surface area contributed by atoms with Gasteiger partial charge in [0.1, 0.15) is 4.83 Å². The molecule has 3 aromatic heterocycles. The molecule has 25 heavy (non-hydrogen) atoms. The molecule has 0 radical (unpaired) electrons. The Morgan fingerprint density at radius 3 is 2.92 bits per heavy atom. The summed E-state index contributed by atoms with van der Waals surface area (Å²) in [5, 5.41) is 0.883. The van der Waals surface area contributed by atoms with E-state index in [1.165, 1.54) is 29.7 Å². The zero-order chi connectivity index (χ0) is 17.4. The van der Waals surface area contributed by atoms with Gasteiger partial charge in [-0.1, -0.05) is 6.42 Å². The van der Waals surface area contributed by atoms with Crippen molar-refractivity contribution in [2.24, 2.45) is 0 Å². The van der Waals surface area contributed by atoms with Gasteiger partial charge in [0.15, 0.2) is 4.77 Å². The first-order valence-electron chi connectivity index (χ1n) is 8.89. The summed E-state index contributed by atoms with van der Waals surface area (Å²) in [4.78, 5) is 23.0. The third-order valence-electron chi connectivity index (χ3n) is 4.91. The second kappa shape index (κ2) is 6.88. The van der Waals surface area contributed by atoms with E-state index in [1.807, 2.05) is 19.4 Å². The summed E-state index contributed by atoms with van der Waals surface area (Å²) in [6.07, 6.45) is 10.5. The largest absolute Gasteiger partial charge is 0.337 e. The minimum absolute atomic E-state index is 0.0833. The van der Waals surface area contributed by atoms with Gasteiger partial charge in [0, 0.05) is 24.2 Å². The van der Waals surface area contributed by atoms with Crippen LogP contribution in [0.15, 0.2) is 17.3 Å². The van der Waals surface area contributed by atoms with Crippen molar-refractivity contribution in [1.29, 1.82) is 0 Å². The van der Waals surface area contributed by atoms with Gasteiger partial charge in [-0.3, -0.25) is 9.36 Å². The van der Waals surface area contributed by atoms with Crippen LogP contribution in [0.4, 0.5) is 0 Å². The molecule has 3 heterocycles. The molecule has 1 aliphatic carbocycles. The van der Waals surface area contributed by atoms with Crippen LogP contribution in [0.2, 0.25) is 0 Å². The fourth-order valence-corrected chi connectivity index (χ4v) is 5.28. The highest BCUT2D eigenvalue weighted by atomic mass is 32.1. The Bertz CT molecular complexity index is 1020. The van der Waals surface area contributed by atoms with E-state index in [1.54, 1.807) is 15.9 Å². The van der Waals surface area contributed by atoms with Gasteiger partial charge in [-0.25, -0.2) is 4.98 Å². The van der Waals surface area contributed by atoms with Gasteiger partial charge >= 0.3 is 0 Å². The molecule has 3 aromatic rings. The lowest BCUT2D eigenvalue weighted by Gasteiger charge is -2.08. The number of aromatic amines is 1. The second-order valence-electron chi connectivity index (χ2n) is 6.76. The number of hydrogen-bond acceptors (Lipinski definition) is 4. The van der Waals surface area contributed by atoms with Crippen molar-refractivity contribution >= 4 is 33.8 Å². The average molecular weight is 375 g/mol. The van der Waals surface area contributed by atoms with E-state index in [4.69, 9.17) is 12.2 Å². The van der Waals surface area contributed by atoms with Crippen LogP contribution in [0, 0.1) is 11.7 Å². The molecule has 0 spiro atoms. The first kappa shape index (κ1) is 16.7. The molecule has 4 rings (SSSR count). The minimum Gasteiger partial charge on any atom is -0.337 e. The second-order valence-corrected chi connectivity index (χ2v) is 8.25. The van der Waals surface area contributed by atoms with Crippen molar-refractivity contribution in [3.63, 3.8) is 0 Å². The van der Waals surface area contributed by atoms with Crippen molar-refractivity contribution in [3.05, 3.63) is 43.8 Å². The van der Waals surface area contributed by atoms with Crippen LogP contribution in [0.1, 0.15) is 41.8 Å². The van der Waals surface area contributed by atoms with Crippen LogP contribution in [-0.4, -0.2) is 19.1 Å². The third-order valence-corrected chi connectivity index (χ3v) is 6.44. The highest BCUT2D eigenvalue weighted by Crippen LogP contribution is 2.32. The van der Waals surface area contributed by atoms with Crippen LogP contribution in [0.3, 0.4) is 0 Å². The standard InChI is InChI=1S/C18H22N4OS2/c1-12-10-21(11-19-12)8-5-9-22-17(23)15-13-6-3-2-4-7-14(13)25-16(15)20-18(22)24/h10-11H,2-9H2,1H3,(H,20,24). The molecule has 0 aliphatic heterocycles. The van der Waals surface area contributed by atoms with E-state index in [-0.39, 0.29) is 5.56 Å². The summed E-state index contributed by atoms with van der Waals surface area (Å²) in [5.74, 6) is 0. The SMILES string of the molecule is Cc1cn(CCCn2c(=S)[nH]c3sc4c(c3c2=O)CCCCC4)cn1. The Kier molecular flexibility index (Phi) is 4.60. The fraction of sp³-hybridized carbons (Fsp3) is 0.500. The first-order valence-corrected chi connectivity index (χ1v) is 10.1. The van der Waals surface area contributed by atoms with Crippen LogP contribution in [-0.2, 0) is 25.9 Å². The van der Waals surface area contributed by atoms with Crippen LogP contribution >= 0.6 is 23.6 Å². The quantitative estimate of drug-likeness (QED) is 0.555. The Hall–Kier alpha value is -1.73. The number of aromatic nitrogens is 4. The molecule has 132 valence electrons. The van der Waals surface area contributed by atoms with E-state index in [9.17, 15) is 4.79 Å². The molecular weight excluding hydrogens is 352 g/mol. The number of aryl methyl sites for hydroxylation is 4. The number of nitrogens with zero attached hydrogens (tertiary/aromatic N) is 3. The smallest absolute Gasteiger partial charge is 0.263 e. The minimum atomic E-state index is 0.0833. The van der Waals surface area contributed by atoms with E-state index in [2.05, 4.69) is 14.5 Å². The number of H-pyrrole nitrogens is 1. The van der Waals surface area contributed by atoms with Gasteiger partial charge < -0.3 is 9.55 Å². The molecule has 5 nitrogen and oxygen atoms in total. The van der Waals surface area contributed by atoms with E-state index >= 15 is 0 Å². The molecule has 7 heteroatoms.